The van der Waals surface area contributed by atoms with Crippen molar-refractivity contribution in [3.8, 4) is 0 Å². The van der Waals surface area contributed by atoms with E-state index in [4.69, 9.17) is 5.73 Å². The minimum absolute atomic E-state index is 0.132. The Morgan fingerprint density at radius 2 is 1.75 bits per heavy atom. The molecular weight excluding hydrogens is 259 g/mol. The first-order valence-electron chi connectivity index (χ1n) is 5.98. The molecule has 0 heterocycles. The minimum Gasteiger partial charge on any atom is -0.368 e. The predicted octanol–water partition coefficient (Wildman–Crippen LogP) is 1.78. The number of hydrogen-bond acceptors (Lipinski definition) is 2. The highest BCUT2D eigenvalue weighted by Gasteiger charge is 2.20. The molecule has 0 saturated carbocycles. The number of hydrogen-bond donors (Lipinski definition) is 2. The van der Waals surface area contributed by atoms with Crippen LogP contribution in [-0.2, 0) is 4.79 Å². The molecule has 20 heavy (non-hydrogen) atoms. The molecule has 3 N–H and O–H groups in total. The van der Waals surface area contributed by atoms with Crippen molar-refractivity contribution in [2.45, 2.75) is 6.04 Å². The molecule has 102 valence electrons. The summed E-state index contributed by atoms with van der Waals surface area (Å²) >= 11 is 0. The SMILES string of the molecule is NC(=O)[C@H](NC(=O)c1cccc(F)c1)c1ccccc1. The van der Waals surface area contributed by atoms with Gasteiger partial charge in [0.15, 0.2) is 0 Å². The zero-order valence-corrected chi connectivity index (χ0v) is 10.5. The fraction of sp³-hybridized carbons (Fsp3) is 0.0667. The topological polar surface area (TPSA) is 72.2 Å². The summed E-state index contributed by atoms with van der Waals surface area (Å²) in [6, 6.07) is 12.9. The van der Waals surface area contributed by atoms with E-state index in [1.165, 1.54) is 18.2 Å². The Morgan fingerprint density at radius 3 is 2.35 bits per heavy atom. The molecule has 2 aromatic rings. The Labute approximate surface area is 115 Å². The normalized spacial score (nSPS) is 11.7. The summed E-state index contributed by atoms with van der Waals surface area (Å²) in [5.41, 5.74) is 6.00. The third-order valence-electron chi connectivity index (χ3n) is 2.78. The number of halogens is 1. The number of benzene rings is 2. The van der Waals surface area contributed by atoms with Gasteiger partial charge in [-0.05, 0) is 23.8 Å². The minimum atomic E-state index is -0.952. The van der Waals surface area contributed by atoms with Crippen LogP contribution in [0.4, 0.5) is 4.39 Å². The third-order valence-corrected chi connectivity index (χ3v) is 2.78. The van der Waals surface area contributed by atoms with Gasteiger partial charge in [0.25, 0.3) is 5.91 Å². The van der Waals surface area contributed by atoms with Crippen LogP contribution < -0.4 is 11.1 Å². The molecule has 0 aliphatic rings. The van der Waals surface area contributed by atoms with E-state index in [1.54, 1.807) is 30.3 Å². The van der Waals surface area contributed by atoms with Crippen LogP contribution in [-0.4, -0.2) is 11.8 Å². The van der Waals surface area contributed by atoms with Gasteiger partial charge in [-0.25, -0.2) is 4.39 Å². The summed E-state index contributed by atoms with van der Waals surface area (Å²) in [7, 11) is 0. The molecule has 2 amide bonds. The van der Waals surface area contributed by atoms with E-state index < -0.39 is 23.7 Å². The van der Waals surface area contributed by atoms with Crippen LogP contribution in [0.3, 0.4) is 0 Å². The Kier molecular flexibility index (Phi) is 4.10. The van der Waals surface area contributed by atoms with Gasteiger partial charge in [-0.3, -0.25) is 9.59 Å². The van der Waals surface area contributed by atoms with E-state index in [1.807, 2.05) is 0 Å². The summed E-state index contributed by atoms with van der Waals surface area (Å²) in [6.07, 6.45) is 0. The van der Waals surface area contributed by atoms with Gasteiger partial charge < -0.3 is 11.1 Å². The van der Waals surface area contributed by atoms with Gasteiger partial charge in [0.1, 0.15) is 11.9 Å². The van der Waals surface area contributed by atoms with Crippen LogP contribution in [0.1, 0.15) is 22.0 Å². The fourth-order valence-electron chi connectivity index (χ4n) is 1.81. The van der Waals surface area contributed by atoms with E-state index in [9.17, 15) is 14.0 Å². The highest BCUT2D eigenvalue weighted by Crippen LogP contribution is 2.13. The molecule has 0 radical (unpaired) electrons. The number of amides is 2. The molecule has 1 atom stereocenters. The largest absolute Gasteiger partial charge is 0.368 e. The smallest absolute Gasteiger partial charge is 0.252 e. The third kappa shape index (κ3) is 3.20. The van der Waals surface area contributed by atoms with Crippen molar-refractivity contribution >= 4 is 11.8 Å². The maximum atomic E-state index is 13.1. The second kappa shape index (κ2) is 5.97. The average molecular weight is 272 g/mol. The molecule has 5 heteroatoms. The number of carbonyl (C=O) groups is 2. The number of nitrogens with two attached hydrogens (primary N) is 1. The molecule has 2 rings (SSSR count). The van der Waals surface area contributed by atoms with E-state index in [2.05, 4.69) is 5.32 Å². The highest BCUT2D eigenvalue weighted by molar-refractivity contribution is 5.97. The number of rotatable bonds is 4. The predicted molar refractivity (Wildman–Crippen MR) is 72.2 cm³/mol. The Hall–Kier alpha value is -2.69. The fourth-order valence-corrected chi connectivity index (χ4v) is 1.81. The van der Waals surface area contributed by atoms with E-state index >= 15 is 0 Å². The van der Waals surface area contributed by atoms with E-state index in [0.717, 1.165) is 6.07 Å². The number of primary amides is 1. The van der Waals surface area contributed by atoms with Gasteiger partial charge in [-0.1, -0.05) is 36.4 Å². The van der Waals surface area contributed by atoms with Crippen molar-refractivity contribution in [3.05, 3.63) is 71.5 Å². The van der Waals surface area contributed by atoms with Crippen molar-refractivity contribution in [2.75, 3.05) is 0 Å². The molecule has 0 unspecified atom stereocenters. The molecular formula is C15H13FN2O2. The average Bonchev–Trinajstić information content (AvgIpc) is 2.45. The van der Waals surface area contributed by atoms with Crippen LogP contribution >= 0.6 is 0 Å². The van der Waals surface area contributed by atoms with Gasteiger partial charge in [-0.15, -0.1) is 0 Å². The maximum absolute atomic E-state index is 13.1. The van der Waals surface area contributed by atoms with Crippen molar-refractivity contribution in [1.29, 1.82) is 0 Å². The monoisotopic (exact) mass is 272 g/mol. The van der Waals surface area contributed by atoms with Crippen molar-refractivity contribution in [1.82, 2.24) is 5.32 Å². The summed E-state index contributed by atoms with van der Waals surface area (Å²) in [4.78, 5) is 23.5. The van der Waals surface area contributed by atoms with Crippen LogP contribution in [0.5, 0.6) is 0 Å². The van der Waals surface area contributed by atoms with Gasteiger partial charge >= 0.3 is 0 Å². The van der Waals surface area contributed by atoms with Gasteiger partial charge in [0.05, 0.1) is 0 Å². The standard InChI is InChI=1S/C15H13FN2O2/c16-12-8-4-7-11(9-12)15(20)18-13(14(17)19)10-5-2-1-3-6-10/h1-9,13H,(H2,17,19)(H,18,20)/t13-/m1/s1. The van der Waals surface area contributed by atoms with E-state index in [-0.39, 0.29) is 5.56 Å². The second-order valence-electron chi connectivity index (χ2n) is 4.23. The molecule has 0 aliphatic carbocycles. The lowest BCUT2D eigenvalue weighted by atomic mass is 10.1. The van der Waals surface area contributed by atoms with Crippen molar-refractivity contribution < 1.29 is 14.0 Å². The van der Waals surface area contributed by atoms with Crippen LogP contribution in [0.25, 0.3) is 0 Å². The Balaban J connectivity index is 2.21. The first-order valence-corrected chi connectivity index (χ1v) is 5.98. The van der Waals surface area contributed by atoms with Gasteiger partial charge in [0, 0.05) is 5.56 Å². The lowest BCUT2D eigenvalue weighted by Gasteiger charge is -2.15. The molecule has 0 aliphatic heterocycles. The zero-order chi connectivity index (χ0) is 14.5. The van der Waals surface area contributed by atoms with E-state index in [0.29, 0.717) is 5.56 Å². The number of nitrogens with one attached hydrogen (secondary N) is 1. The molecule has 4 nitrogen and oxygen atoms in total. The highest BCUT2D eigenvalue weighted by atomic mass is 19.1. The first-order chi connectivity index (χ1) is 9.58. The zero-order valence-electron chi connectivity index (χ0n) is 10.5. The molecule has 0 fully saturated rings. The Bertz CT molecular complexity index is 629. The molecule has 2 aromatic carbocycles. The summed E-state index contributed by atoms with van der Waals surface area (Å²) in [5, 5.41) is 2.50. The van der Waals surface area contributed by atoms with Gasteiger partial charge in [0.2, 0.25) is 5.91 Å². The van der Waals surface area contributed by atoms with Crippen LogP contribution in [0, 0.1) is 5.82 Å². The summed E-state index contributed by atoms with van der Waals surface area (Å²) in [6.45, 7) is 0. The summed E-state index contributed by atoms with van der Waals surface area (Å²) < 4.78 is 13.1. The molecule has 0 saturated heterocycles. The van der Waals surface area contributed by atoms with Crippen molar-refractivity contribution in [3.63, 3.8) is 0 Å². The quantitative estimate of drug-likeness (QED) is 0.890. The second-order valence-corrected chi connectivity index (χ2v) is 4.23. The Morgan fingerprint density at radius 1 is 1.05 bits per heavy atom. The molecule has 0 spiro atoms. The summed E-state index contributed by atoms with van der Waals surface area (Å²) in [5.74, 6) is -1.76. The first kappa shape index (κ1) is 13.7. The number of carbonyl (C=O) groups excluding carboxylic acids is 2. The lowest BCUT2D eigenvalue weighted by Crippen LogP contribution is -2.37. The maximum Gasteiger partial charge on any atom is 0.252 e. The van der Waals surface area contributed by atoms with Gasteiger partial charge in [-0.2, -0.15) is 0 Å². The van der Waals surface area contributed by atoms with Crippen LogP contribution in [0.15, 0.2) is 54.6 Å². The molecule has 0 aromatic heterocycles. The molecule has 0 bridgehead atoms. The van der Waals surface area contributed by atoms with Crippen LogP contribution in [0.2, 0.25) is 0 Å². The lowest BCUT2D eigenvalue weighted by molar-refractivity contribution is -0.120. The van der Waals surface area contributed by atoms with Crippen molar-refractivity contribution in [2.24, 2.45) is 5.73 Å².